The summed E-state index contributed by atoms with van der Waals surface area (Å²) < 4.78 is 22.2. The lowest BCUT2D eigenvalue weighted by Gasteiger charge is -2.36. The van der Waals surface area contributed by atoms with E-state index in [1.165, 1.54) is 0 Å². The summed E-state index contributed by atoms with van der Waals surface area (Å²) in [6.45, 7) is 12.9. The van der Waals surface area contributed by atoms with Gasteiger partial charge < -0.3 is 9.30 Å². The van der Waals surface area contributed by atoms with Crippen LogP contribution in [0.15, 0.2) is 30.3 Å². The zero-order valence-electron chi connectivity index (χ0n) is 12.3. The number of nitrogens with one attached hydrogen (secondary N) is 2. The molecule has 1 aromatic rings. The van der Waals surface area contributed by atoms with Crippen LogP contribution < -0.4 is 14.5 Å². The summed E-state index contributed by atoms with van der Waals surface area (Å²) in [4.78, 5) is 0. The molecule has 0 unspecified atom stereocenters. The average Bonchev–Trinajstić information content (AvgIpc) is 2.13. The average molecular weight is 301 g/mol. The van der Waals surface area contributed by atoms with Crippen molar-refractivity contribution in [1.29, 1.82) is 0 Å². The van der Waals surface area contributed by atoms with E-state index >= 15 is 4.11 Å². The van der Waals surface area contributed by atoms with E-state index in [0.717, 1.165) is 5.19 Å². The van der Waals surface area contributed by atoms with Crippen LogP contribution in [0, 0.1) is 0 Å². The Morgan fingerprint density at radius 1 is 0.778 bits per heavy atom. The standard InChI is InChI=1S/C12H25FN2Si3/c1-16(2,3)14-18(13,15-17(4,5)6)12-10-8-7-9-11-12/h7-11,14-15H,1-6H3. The fourth-order valence-electron chi connectivity index (χ4n) is 1.88. The molecule has 2 N–H and O–H groups in total. The molecule has 0 bridgehead atoms. The Hall–Kier alpha value is -0.279. The SMILES string of the molecule is C[Si](C)(C)N[Si](F)(N[Si](C)(C)C)c1ccccc1. The lowest BCUT2D eigenvalue weighted by Crippen LogP contribution is -2.77. The summed E-state index contributed by atoms with van der Waals surface area (Å²) in [6, 6.07) is 9.54. The molecule has 0 aliphatic heterocycles. The monoisotopic (exact) mass is 300 g/mol. The second kappa shape index (κ2) is 5.38. The first kappa shape index (κ1) is 15.8. The van der Waals surface area contributed by atoms with Crippen LogP contribution in [0.3, 0.4) is 0 Å². The first-order valence-corrected chi connectivity index (χ1v) is 15.2. The fraction of sp³-hybridized carbons (Fsp3) is 0.500. The second-order valence-electron chi connectivity index (χ2n) is 6.77. The smallest absolute Gasteiger partial charge is 0.319 e. The molecule has 1 aromatic carbocycles. The lowest BCUT2D eigenvalue weighted by atomic mass is 10.4. The molecular formula is C12H25FN2Si3. The third-order valence-electron chi connectivity index (χ3n) is 2.27. The largest absolute Gasteiger partial charge is 0.416 e. The molecule has 0 aliphatic carbocycles. The van der Waals surface area contributed by atoms with E-state index in [1.807, 2.05) is 30.3 Å². The van der Waals surface area contributed by atoms with Crippen molar-refractivity contribution in [3.63, 3.8) is 0 Å². The summed E-state index contributed by atoms with van der Waals surface area (Å²) in [6.07, 6.45) is 0. The summed E-state index contributed by atoms with van der Waals surface area (Å²) in [7, 11) is -6.63. The Labute approximate surface area is 114 Å². The molecule has 102 valence electrons. The molecule has 0 fully saturated rings. The molecule has 0 aromatic heterocycles. The van der Waals surface area contributed by atoms with E-state index in [2.05, 4.69) is 48.6 Å². The molecule has 0 radical (unpaired) electrons. The maximum absolute atomic E-state index is 15.5. The predicted octanol–water partition coefficient (Wildman–Crippen LogP) is 2.65. The van der Waals surface area contributed by atoms with Crippen LogP contribution >= 0.6 is 0 Å². The lowest BCUT2D eigenvalue weighted by molar-refractivity contribution is 0.759. The maximum Gasteiger partial charge on any atom is 0.416 e. The topological polar surface area (TPSA) is 24.1 Å². The summed E-state index contributed by atoms with van der Waals surface area (Å²) in [5.41, 5.74) is 0. The number of halogens is 1. The number of benzene rings is 1. The molecule has 1 rings (SSSR count). The van der Waals surface area contributed by atoms with Gasteiger partial charge in [-0.25, -0.2) is 0 Å². The fourth-order valence-corrected chi connectivity index (χ4v) is 12.8. The van der Waals surface area contributed by atoms with Crippen LogP contribution in [-0.4, -0.2) is 25.2 Å². The van der Waals surface area contributed by atoms with Crippen LogP contribution in [0.25, 0.3) is 0 Å². The predicted molar refractivity (Wildman–Crippen MR) is 85.9 cm³/mol. The highest BCUT2D eigenvalue weighted by molar-refractivity contribution is 7.00. The second-order valence-corrected chi connectivity index (χ2v) is 19.7. The zero-order chi connectivity index (χ0) is 14.0. The molecule has 0 atom stereocenters. The minimum absolute atomic E-state index is 0.801. The van der Waals surface area contributed by atoms with Crippen molar-refractivity contribution in [2.24, 2.45) is 0 Å². The molecule has 6 heteroatoms. The van der Waals surface area contributed by atoms with Gasteiger partial charge in [0, 0.05) is 5.19 Å². The highest BCUT2D eigenvalue weighted by Crippen LogP contribution is 2.09. The Balaban J connectivity index is 3.09. The Bertz CT molecular complexity index is 369. The maximum atomic E-state index is 15.5. The van der Waals surface area contributed by atoms with E-state index in [9.17, 15) is 0 Å². The molecule has 0 saturated carbocycles. The summed E-state index contributed by atoms with van der Waals surface area (Å²) >= 11 is 0. The molecule has 0 amide bonds. The van der Waals surface area contributed by atoms with Crippen LogP contribution in [0.2, 0.25) is 39.3 Å². The first-order valence-electron chi connectivity index (χ1n) is 6.35. The van der Waals surface area contributed by atoms with Gasteiger partial charge in [-0.2, -0.15) is 0 Å². The van der Waals surface area contributed by atoms with Gasteiger partial charge in [-0.05, 0) is 0 Å². The van der Waals surface area contributed by atoms with Crippen molar-refractivity contribution in [3.05, 3.63) is 30.3 Å². The molecule has 0 aliphatic rings. The Kier molecular flexibility index (Phi) is 4.71. The van der Waals surface area contributed by atoms with Gasteiger partial charge >= 0.3 is 8.73 Å². The molecule has 0 saturated heterocycles. The quantitative estimate of drug-likeness (QED) is 0.645. The molecular weight excluding hydrogens is 275 g/mol. The van der Waals surface area contributed by atoms with Gasteiger partial charge in [0.15, 0.2) is 0 Å². The highest BCUT2D eigenvalue weighted by Gasteiger charge is 2.44. The highest BCUT2D eigenvalue weighted by atomic mass is 28.5. The van der Waals surface area contributed by atoms with Crippen LogP contribution in [0.4, 0.5) is 4.11 Å². The zero-order valence-corrected chi connectivity index (χ0v) is 15.3. The van der Waals surface area contributed by atoms with Crippen molar-refractivity contribution < 1.29 is 4.11 Å². The minimum atomic E-state index is -3.27. The summed E-state index contributed by atoms with van der Waals surface area (Å²) in [5.74, 6) is 0. The molecule has 0 heterocycles. The van der Waals surface area contributed by atoms with Crippen molar-refractivity contribution in [2.75, 3.05) is 0 Å². The van der Waals surface area contributed by atoms with Crippen LogP contribution in [0.5, 0.6) is 0 Å². The van der Waals surface area contributed by atoms with Gasteiger partial charge in [0.25, 0.3) is 0 Å². The van der Waals surface area contributed by atoms with E-state index in [4.69, 9.17) is 0 Å². The van der Waals surface area contributed by atoms with Gasteiger partial charge in [0.2, 0.25) is 0 Å². The third-order valence-corrected chi connectivity index (χ3v) is 12.2. The van der Waals surface area contributed by atoms with E-state index in [-0.39, 0.29) is 0 Å². The van der Waals surface area contributed by atoms with Crippen molar-refractivity contribution in [2.45, 2.75) is 39.3 Å². The number of hydrogen-bond donors (Lipinski definition) is 2. The molecule has 18 heavy (non-hydrogen) atoms. The van der Waals surface area contributed by atoms with Gasteiger partial charge in [-0.3, -0.25) is 4.11 Å². The Morgan fingerprint density at radius 3 is 1.50 bits per heavy atom. The van der Waals surface area contributed by atoms with Crippen molar-refractivity contribution in [1.82, 2.24) is 9.30 Å². The van der Waals surface area contributed by atoms with Gasteiger partial charge in [0.05, 0.1) is 0 Å². The van der Waals surface area contributed by atoms with Crippen molar-refractivity contribution in [3.8, 4) is 0 Å². The normalized spacial score (nSPS) is 13.7. The molecule has 0 spiro atoms. The Morgan fingerprint density at radius 2 is 1.17 bits per heavy atom. The van der Waals surface area contributed by atoms with Gasteiger partial charge in [-0.1, -0.05) is 69.6 Å². The van der Waals surface area contributed by atoms with Gasteiger partial charge in [-0.15, -0.1) is 0 Å². The third kappa shape index (κ3) is 5.15. The number of hydrogen-bond acceptors (Lipinski definition) is 2. The van der Waals surface area contributed by atoms with Crippen LogP contribution in [-0.2, 0) is 0 Å². The first-order chi connectivity index (χ1) is 8.02. The van der Waals surface area contributed by atoms with E-state index in [0.29, 0.717) is 0 Å². The molecule has 2 nitrogen and oxygen atoms in total. The number of rotatable bonds is 5. The van der Waals surface area contributed by atoms with Crippen LogP contribution in [0.1, 0.15) is 0 Å². The van der Waals surface area contributed by atoms with Gasteiger partial charge in [0.1, 0.15) is 16.5 Å². The van der Waals surface area contributed by atoms with E-state index < -0.39 is 25.2 Å². The summed E-state index contributed by atoms with van der Waals surface area (Å²) in [5, 5.41) is 0.801. The van der Waals surface area contributed by atoms with E-state index in [1.54, 1.807) is 0 Å². The van der Waals surface area contributed by atoms with Crippen molar-refractivity contribution >= 4 is 30.4 Å². The minimum Gasteiger partial charge on any atom is -0.319 e.